The molecule has 1 saturated heterocycles. The van der Waals surface area contributed by atoms with Crippen LogP contribution in [0.15, 0.2) is 48.5 Å². The lowest BCUT2D eigenvalue weighted by molar-refractivity contribution is -0.0595. The summed E-state index contributed by atoms with van der Waals surface area (Å²) in [4.78, 5) is 4.89. The van der Waals surface area contributed by atoms with Crippen molar-refractivity contribution in [3.05, 3.63) is 64.1 Å². The second kappa shape index (κ2) is 9.26. The molecule has 0 spiro atoms. The van der Waals surface area contributed by atoms with Crippen LogP contribution in [0.4, 0.5) is 5.69 Å². The molecule has 2 fully saturated rings. The molecule has 1 heterocycles. The number of aliphatic hydroxyl groups is 1. The SMILES string of the molecule is OC1(Cc2ccccc2Cl)CCCCC1CN1CCN(c2ccccc2Cl)CC1. The third-order valence-corrected chi connectivity index (χ3v) is 7.36. The highest BCUT2D eigenvalue weighted by atomic mass is 35.5. The molecule has 1 aliphatic heterocycles. The second-order valence-electron chi connectivity index (χ2n) is 8.55. The molecule has 5 heteroatoms. The topological polar surface area (TPSA) is 26.7 Å². The molecule has 1 N–H and O–H groups in total. The van der Waals surface area contributed by atoms with Gasteiger partial charge in [0.25, 0.3) is 0 Å². The summed E-state index contributed by atoms with van der Waals surface area (Å²) >= 11 is 12.8. The third-order valence-electron chi connectivity index (χ3n) is 6.67. The van der Waals surface area contributed by atoms with Crippen molar-refractivity contribution in [1.29, 1.82) is 0 Å². The minimum absolute atomic E-state index is 0.291. The molecule has 0 aromatic heterocycles. The Labute approximate surface area is 184 Å². The van der Waals surface area contributed by atoms with Crippen molar-refractivity contribution in [3.63, 3.8) is 0 Å². The highest BCUT2D eigenvalue weighted by Gasteiger charge is 2.40. The molecule has 2 atom stereocenters. The Hall–Kier alpha value is -1.26. The molecule has 2 aromatic carbocycles. The average Bonchev–Trinajstić information content (AvgIpc) is 2.73. The Balaban J connectivity index is 1.39. The molecule has 0 amide bonds. The van der Waals surface area contributed by atoms with Gasteiger partial charge in [0.05, 0.1) is 16.3 Å². The molecule has 2 aliphatic rings. The zero-order chi connectivity index (χ0) is 20.3. The van der Waals surface area contributed by atoms with E-state index in [0.29, 0.717) is 12.3 Å². The summed E-state index contributed by atoms with van der Waals surface area (Å²) < 4.78 is 0. The number of para-hydroxylation sites is 1. The van der Waals surface area contributed by atoms with Gasteiger partial charge in [-0.15, -0.1) is 0 Å². The Bertz CT molecular complexity index is 822. The predicted molar refractivity (Wildman–Crippen MR) is 122 cm³/mol. The van der Waals surface area contributed by atoms with E-state index in [9.17, 15) is 5.11 Å². The van der Waals surface area contributed by atoms with Gasteiger partial charge in [0, 0.05) is 50.1 Å². The van der Waals surface area contributed by atoms with Crippen LogP contribution >= 0.6 is 23.2 Å². The first-order valence-corrected chi connectivity index (χ1v) is 11.5. The van der Waals surface area contributed by atoms with E-state index in [1.54, 1.807) is 0 Å². The number of benzene rings is 2. The van der Waals surface area contributed by atoms with Crippen molar-refractivity contribution in [2.75, 3.05) is 37.6 Å². The standard InChI is InChI=1S/C24H30Cl2N2O/c25-21-9-2-1-7-19(21)17-24(29)12-6-5-8-20(24)18-27-13-15-28(16-14-27)23-11-4-3-10-22(23)26/h1-4,7,9-11,20,29H,5-6,8,12-18H2. The first-order valence-electron chi connectivity index (χ1n) is 10.7. The van der Waals surface area contributed by atoms with E-state index >= 15 is 0 Å². The lowest BCUT2D eigenvalue weighted by atomic mass is 9.72. The fraction of sp³-hybridized carbons (Fsp3) is 0.500. The van der Waals surface area contributed by atoms with Gasteiger partial charge in [0.1, 0.15) is 0 Å². The van der Waals surface area contributed by atoms with E-state index in [1.807, 2.05) is 42.5 Å². The van der Waals surface area contributed by atoms with E-state index in [0.717, 1.165) is 73.3 Å². The van der Waals surface area contributed by atoms with E-state index < -0.39 is 5.60 Å². The van der Waals surface area contributed by atoms with Gasteiger partial charge in [0.15, 0.2) is 0 Å². The summed E-state index contributed by atoms with van der Waals surface area (Å²) in [5, 5.41) is 13.2. The van der Waals surface area contributed by atoms with Crippen LogP contribution in [0.1, 0.15) is 31.2 Å². The molecule has 2 aromatic rings. The van der Waals surface area contributed by atoms with E-state index in [1.165, 1.54) is 6.42 Å². The Morgan fingerprint density at radius 3 is 2.31 bits per heavy atom. The predicted octanol–water partition coefficient (Wildman–Crippen LogP) is 5.28. The minimum Gasteiger partial charge on any atom is -0.389 e. The number of rotatable bonds is 5. The van der Waals surface area contributed by atoms with Gasteiger partial charge in [-0.3, -0.25) is 4.90 Å². The summed E-state index contributed by atoms with van der Waals surface area (Å²) in [6, 6.07) is 16.0. The van der Waals surface area contributed by atoms with Crippen LogP contribution in [-0.4, -0.2) is 48.3 Å². The van der Waals surface area contributed by atoms with Crippen molar-refractivity contribution in [2.45, 2.75) is 37.7 Å². The maximum atomic E-state index is 11.6. The number of anilines is 1. The van der Waals surface area contributed by atoms with Crippen LogP contribution in [-0.2, 0) is 6.42 Å². The van der Waals surface area contributed by atoms with E-state index in [2.05, 4.69) is 15.9 Å². The van der Waals surface area contributed by atoms with E-state index in [4.69, 9.17) is 23.2 Å². The van der Waals surface area contributed by atoms with Gasteiger partial charge in [-0.1, -0.05) is 66.4 Å². The zero-order valence-electron chi connectivity index (χ0n) is 16.9. The molecule has 0 radical (unpaired) electrons. The first kappa shape index (κ1) is 21.0. The second-order valence-corrected chi connectivity index (χ2v) is 9.37. The summed E-state index contributed by atoms with van der Waals surface area (Å²) in [5.41, 5.74) is 1.53. The van der Waals surface area contributed by atoms with Crippen molar-refractivity contribution in [3.8, 4) is 0 Å². The lowest BCUT2D eigenvalue weighted by Crippen LogP contribution is -2.52. The molecule has 0 bridgehead atoms. The number of piperazine rings is 1. The molecule has 4 rings (SSSR count). The average molecular weight is 433 g/mol. The van der Waals surface area contributed by atoms with Crippen LogP contribution in [0.2, 0.25) is 10.0 Å². The fourth-order valence-corrected chi connectivity index (χ4v) is 5.41. The van der Waals surface area contributed by atoms with E-state index in [-0.39, 0.29) is 0 Å². The molecular formula is C24H30Cl2N2O. The Kier molecular flexibility index (Phi) is 6.70. The summed E-state index contributed by atoms with van der Waals surface area (Å²) in [7, 11) is 0. The van der Waals surface area contributed by atoms with Crippen molar-refractivity contribution in [1.82, 2.24) is 4.90 Å². The monoisotopic (exact) mass is 432 g/mol. The van der Waals surface area contributed by atoms with Gasteiger partial charge < -0.3 is 10.0 Å². The maximum absolute atomic E-state index is 11.6. The van der Waals surface area contributed by atoms with Crippen LogP contribution in [0.3, 0.4) is 0 Å². The highest BCUT2D eigenvalue weighted by molar-refractivity contribution is 6.33. The molecule has 156 valence electrons. The molecule has 3 nitrogen and oxygen atoms in total. The summed E-state index contributed by atoms with van der Waals surface area (Å²) in [6.45, 7) is 4.91. The fourth-order valence-electron chi connectivity index (χ4n) is 4.95. The van der Waals surface area contributed by atoms with Crippen LogP contribution in [0.25, 0.3) is 0 Å². The molecule has 2 unspecified atom stereocenters. The lowest BCUT2D eigenvalue weighted by Gasteiger charge is -2.44. The van der Waals surface area contributed by atoms with Crippen LogP contribution in [0.5, 0.6) is 0 Å². The number of halogens is 2. The van der Waals surface area contributed by atoms with Gasteiger partial charge in [-0.2, -0.15) is 0 Å². The van der Waals surface area contributed by atoms with Crippen molar-refractivity contribution < 1.29 is 5.11 Å². The normalized spacial score (nSPS) is 25.9. The Morgan fingerprint density at radius 2 is 1.59 bits per heavy atom. The van der Waals surface area contributed by atoms with Crippen LogP contribution < -0.4 is 4.90 Å². The zero-order valence-corrected chi connectivity index (χ0v) is 18.4. The van der Waals surface area contributed by atoms with Gasteiger partial charge in [0.2, 0.25) is 0 Å². The maximum Gasteiger partial charge on any atom is 0.0728 e. The third kappa shape index (κ3) is 4.91. The highest BCUT2D eigenvalue weighted by Crippen LogP contribution is 2.38. The number of nitrogens with zero attached hydrogens (tertiary/aromatic N) is 2. The first-order chi connectivity index (χ1) is 14.0. The summed E-state index contributed by atoms with van der Waals surface area (Å²) in [6.07, 6.45) is 4.90. The smallest absolute Gasteiger partial charge is 0.0728 e. The van der Waals surface area contributed by atoms with Gasteiger partial charge >= 0.3 is 0 Å². The molecule has 1 aliphatic carbocycles. The largest absolute Gasteiger partial charge is 0.389 e. The van der Waals surface area contributed by atoms with Crippen molar-refractivity contribution in [2.24, 2.45) is 5.92 Å². The summed E-state index contributed by atoms with van der Waals surface area (Å²) in [5.74, 6) is 0.291. The van der Waals surface area contributed by atoms with Gasteiger partial charge in [-0.05, 0) is 36.6 Å². The molecule has 1 saturated carbocycles. The molecule has 29 heavy (non-hydrogen) atoms. The van der Waals surface area contributed by atoms with Crippen LogP contribution in [0, 0.1) is 5.92 Å². The Morgan fingerprint density at radius 1 is 0.897 bits per heavy atom. The molecular weight excluding hydrogens is 403 g/mol. The number of hydrogen-bond acceptors (Lipinski definition) is 3. The van der Waals surface area contributed by atoms with Gasteiger partial charge in [-0.25, -0.2) is 0 Å². The minimum atomic E-state index is -0.664. The quantitative estimate of drug-likeness (QED) is 0.695. The van der Waals surface area contributed by atoms with Crippen molar-refractivity contribution >= 4 is 28.9 Å². The number of hydrogen-bond donors (Lipinski definition) is 1.